The Morgan fingerprint density at radius 2 is 2.00 bits per heavy atom. The van der Waals surface area contributed by atoms with Crippen LogP contribution >= 0.6 is 0 Å². The number of anilines is 2. The lowest BCUT2D eigenvalue weighted by Gasteiger charge is -2.16. The van der Waals surface area contributed by atoms with Crippen LogP contribution in [-0.4, -0.2) is 45.4 Å². The molecule has 0 aliphatic heterocycles. The molecule has 0 fully saturated rings. The van der Waals surface area contributed by atoms with Crippen LogP contribution in [0.15, 0.2) is 18.2 Å². The molecule has 7 nitrogen and oxygen atoms in total. The van der Waals surface area contributed by atoms with Crippen molar-refractivity contribution in [2.24, 2.45) is 0 Å². The van der Waals surface area contributed by atoms with E-state index in [1.54, 1.807) is 27.3 Å². The maximum absolute atomic E-state index is 10.8. The number of rotatable bonds is 8. The molecule has 0 radical (unpaired) electrons. The second-order valence-corrected chi connectivity index (χ2v) is 3.97. The second-order valence-electron chi connectivity index (χ2n) is 3.97. The minimum Gasteiger partial charge on any atom is -0.388 e. The molecule has 1 rings (SSSR count). The zero-order chi connectivity index (χ0) is 14.3. The van der Waals surface area contributed by atoms with Gasteiger partial charge in [0.2, 0.25) is 0 Å². The van der Waals surface area contributed by atoms with Crippen molar-refractivity contribution in [3.63, 3.8) is 0 Å². The molecule has 106 valence electrons. The molecule has 0 amide bonds. The molecule has 0 aliphatic carbocycles. The predicted molar refractivity (Wildman–Crippen MR) is 73.8 cm³/mol. The lowest BCUT2D eigenvalue weighted by atomic mass is 10.2. The van der Waals surface area contributed by atoms with Crippen LogP contribution in [0.5, 0.6) is 0 Å². The van der Waals surface area contributed by atoms with Crippen LogP contribution in [0.3, 0.4) is 0 Å². The minimum absolute atomic E-state index is 0.0371. The number of ether oxygens (including phenoxy) is 2. The molecule has 0 saturated heterocycles. The number of non-ortho nitro benzene ring substituents is 1. The van der Waals surface area contributed by atoms with E-state index in [2.05, 4.69) is 10.6 Å². The highest BCUT2D eigenvalue weighted by Gasteiger charge is 2.11. The van der Waals surface area contributed by atoms with Gasteiger partial charge < -0.3 is 20.1 Å². The maximum Gasteiger partial charge on any atom is 0.273 e. The highest BCUT2D eigenvalue weighted by Crippen LogP contribution is 2.24. The Balaban J connectivity index is 2.76. The standard InChI is InChI=1S/C12H19N3O4/c1-13-9-4-10(6-11(5-9)15(16)17)14-7-12(19-3)8-18-2/h4-6,12-14H,7-8H2,1-3H3. The van der Waals surface area contributed by atoms with E-state index in [9.17, 15) is 10.1 Å². The first-order valence-corrected chi connectivity index (χ1v) is 5.83. The summed E-state index contributed by atoms with van der Waals surface area (Å²) in [6.45, 7) is 0.964. The Kier molecular flexibility index (Phi) is 6.04. The smallest absolute Gasteiger partial charge is 0.273 e. The molecule has 7 heteroatoms. The molecule has 0 aliphatic rings. The molecule has 0 heterocycles. The molecule has 19 heavy (non-hydrogen) atoms. The molecule has 2 N–H and O–H groups in total. The van der Waals surface area contributed by atoms with Gasteiger partial charge in [0.15, 0.2) is 0 Å². The highest BCUT2D eigenvalue weighted by molar-refractivity contribution is 5.63. The number of nitrogens with zero attached hydrogens (tertiary/aromatic N) is 1. The molecule has 0 saturated carbocycles. The van der Waals surface area contributed by atoms with Crippen molar-refractivity contribution in [3.05, 3.63) is 28.3 Å². The Hall–Kier alpha value is -1.86. The SMILES string of the molecule is CNc1cc(NCC(COC)OC)cc([N+](=O)[O-])c1. The first-order valence-electron chi connectivity index (χ1n) is 5.83. The summed E-state index contributed by atoms with van der Waals surface area (Å²) in [5.41, 5.74) is 1.38. The van der Waals surface area contributed by atoms with Crippen LogP contribution in [-0.2, 0) is 9.47 Å². The summed E-state index contributed by atoms with van der Waals surface area (Å²) in [4.78, 5) is 10.4. The lowest BCUT2D eigenvalue weighted by Crippen LogP contribution is -2.26. The average molecular weight is 269 g/mol. The van der Waals surface area contributed by atoms with Crippen molar-refractivity contribution in [3.8, 4) is 0 Å². The third-order valence-corrected chi connectivity index (χ3v) is 2.64. The Labute approximate surface area is 112 Å². The molecule has 0 spiro atoms. The summed E-state index contributed by atoms with van der Waals surface area (Å²) in [6.07, 6.45) is -0.109. The summed E-state index contributed by atoms with van der Waals surface area (Å²) in [7, 11) is 4.90. The second kappa shape index (κ2) is 7.55. The van der Waals surface area contributed by atoms with Crippen LogP contribution in [0.25, 0.3) is 0 Å². The van der Waals surface area contributed by atoms with Gasteiger partial charge in [0.05, 0.1) is 17.6 Å². The van der Waals surface area contributed by atoms with E-state index in [1.165, 1.54) is 12.1 Å². The monoisotopic (exact) mass is 269 g/mol. The van der Waals surface area contributed by atoms with E-state index < -0.39 is 4.92 Å². The van der Waals surface area contributed by atoms with Crippen LogP contribution < -0.4 is 10.6 Å². The molecule has 1 unspecified atom stereocenters. The Morgan fingerprint density at radius 1 is 1.32 bits per heavy atom. The van der Waals surface area contributed by atoms with Crippen molar-refractivity contribution in [1.29, 1.82) is 0 Å². The van der Waals surface area contributed by atoms with Crippen molar-refractivity contribution in [2.75, 3.05) is 45.1 Å². The van der Waals surface area contributed by atoms with Crippen LogP contribution in [0.1, 0.15) is 0 Å². The summed E-state index contributed by atoms with van der Waals surface area (Å²) in [5.74, 6) is 0. The Morgan fingerprint density at radius 3 is 2.53 bits per heavy atom. The van der Waals surface area contributed by atoms with E-state index in [-0.39, 0.29) is 11.8 Å². The van der Waals surface area contributed by atoms with Gasteiger partial charge in [-0.25, -0.2) is 0 Å². The summed E-state index contributed by atoms with van der Waals surface area (Å²) in [6, 6.07) is 4.76. The molecular weight excluding hydrogens is 250 g/mol. The quantitative estimate of drug-likeness (QED) is 0.552. The van der Waals surface area contributed by atoms with Crippen molar-refractivity contribution >= 4 is 17.1 Å². The van der Waals surface area contributed by atoms with Gasteiger partial charge in [0, 0.05) is 51.3 Å². The molecule has 1 aromatic rings. The lowest BCUT2D eigenvalue weighted by molar-refractivity contribution is -0.384. The molecule has 1 atom stereocenters. The highest BCUT2D eigenvalue weighted by atomic mass is 16.6. The van der Waals surface area contributed by atoms with Crippen molar-refractivity contribution in [1.82, 2.24) is 0 Å². The normalized spacial score (nSPS) is 11.9. The van der Waals surface area contributed by atoms with Crippen LogP contribution in [0, 0.1) is 10.1 Å². The van der Waals surface area contributed by atoms with Gasteiger partial charge >= 0.3 is 0 Å². The number of benzene rings is 1. The maximum atomic E-state index is 10.8. The fourth-order valence-electron chi connectivity index (χ4n) is 1.59. The summed E-state index contributed by atoms with van der Waals surface area (Å²) >= 11 is 0. The zero-order valence-corrected chi connectivity index (χ0v) is 11.3. The van der Waals surface area contributed by atoms with Gasteiger partial charge in [-0.2, -0.15) is 0 Å². The summed E-state index contributed by atoms with van der Waals surface area (Å²) < 4.78 is 10.2. The molecule has 0 bridgehead atoms. The first-order chi connectivity index (χ1) is 9.10. The van der Waals surface area contributed by atoms with Gasteiger partial charge in [0.1, 0.15) is 0 Å². The first kappa shape index (κ1) is 15.2. The minimum atomic E-state index is -0.422. The number of methoxy groups -OCH3 is 2. The average Bonchev–Trinajstić information content (AvgIpc) is 2.42. The fourth-order valence-corrected chi connectivity index (χ4v) is 1.59. The van der Waals surface area contributed by atoms with E-state index in [0.717, 1.165) is 0 Å². The molecular formula is C12H19N3O4. The van der Waals surface area contributed by atoms with Gasteiger partial charge in [-0.1, -0.05) is 0 Å². The topological polar surface area (TPSA) is 85.7 Å². The van der Waals surface area contributed by atoms with E-state index in [1.807, 2.05) is 0 Å². The molecule has 0 aromatic heterocycles. The molecule has 1 aromatic carbocycles. The third kappa shape index (κ3) is 4.72. The Bertz CT molecular complexity index is 425. The number of nitrogens with one attached hydrogen (secondary N) is 2. The van der Waals surface area contributed by atoms with Crippen molar-refractivity contribution in [2.45, 2.75) is 6.10 Å². The fraction of sp³-hybridized carbons (Fsp3) is 0.500. The van der Waals surface area contributed by atoms with E-state index in [0.29, 0.717) is 24.5 Å². The number of hydrogen-bond acceptors (Lipinski definition) is 6. The predicted octanol–water partition coefficient (Wildman–Crippen LogP) is 1.71. The summed E-state index contributed by atoms with van der Waals surface area (Å²) in [5, 5.41) is 16.8. The third-order valence-electron chi connectivity index (χ3n) is 2.64. The van der Waals surface area contributed by atoms with E-state index in [4.69, 9.17) is 9.47 Å². The van der Waals surface area contributed by atoms with Gasteiger partial charge in [-0.15, -0.1) is 0 Å². The van der Waals surface area contributed by atoms with E-state index >= 15 is 0 Å². The van der Waals surface area contributed by atoms with Gasteiger partial charge in [-0.3, -0.25) is 10.1 Å². The van der Waals surface area contributed by atoms with Crippen LogP contribution in [0.2, 0.25) is 0 Å². The van der Waals surface area contributed by atoms with Gasteiger partial charge in [0.25, 0.3) is 5.69 Å². The van der Waals surface area contributed by atoms with Crippen LogP contribution in [0.4, 0.5) is 17.1 Å². The number of hydrogen-bond donors (Lipinski definition) is 2. The number of nitro benzene ring substituents is 1. The van der Waals surface area contributed by atoms with Crippen molar-refractivity contribution < 1.29 is 14.4 Å². The largest absolute Gasteiger partial charge is 0.388 e. The number of nitro groups is 1. The zero-order valence-electron chi connectivity index (χ0n) is 11.3. The van der Waals surface area contributed by atoms with Gasteiger partial charge in [-0.05, 0) is 6.07 Å².